The van der Waals surface area contributed by atoms with E-state index in [-0.39, 0.29) is 6.10 Å². The van der Waals surface area contributed by atoms with Crippen molar-refractivity contribution in [3.8, 4) is 0 Å². The molecule has 2 heteroatoms. The Morgan fingerprint density at radius 1 is 1.23 bits per heavy atom. The van der Waals surface area contributed by atoms with Crippen LogP contribution in [-0.4, -0.2) is 17.5 Å². The Labute approximate surface area is 80.0 Å². The van der Waals surface area contributed by atoms with Crippen molar-refractivity contribution in [2.45, 2.75) is 38.7 Å². The van der Waals surface area contributed by atoms with Gasteiger partial charge in [0, 0.05) is 0 Å². The molecule has 0 rings (SSSR count). The minimum Gasteiger partial charge on any atom is -0.389 e. The Balaban J connectivity index is 3.48. The second-order valence-corrected chi connectivity index (χ2v) is 2.97. The van der Waals surface area contributed by atoms with Gasteiger partial charge < -0.3 is 5.11 Å². The van der Waals surface area contributed by atoms with E-state index in [1.165, 1.54) is 12.5 Å². The Kier molecular flexibility index (Phi) is 8.57. The van der Waals surface area contributed by atoms with E-state index in [4.69, 9.17) is 0 Å². The third kappa shape index (κ3) is 9.02. The van der Waals surface area contributed by atoms with E-state index in [9.17, 15) is 9.90 Å². The number of carbonyl (C=O) groups is 1. The van der Waals surface area contributed by atoms with Gasteiger partial charge in [-0.25, -0.2) is 0 Å². The molecule has 0 amide bonds. The van der Waals surface area contributed by atoms with Gasteiger partial charge in [0.2, 0.25) is 0 Å². The summed E-state index contributed by atoms with van der Waals surface area (Å²) in [5, 5.41) is 9.37. The van der Waals surface area contributed by atoms with Crippen LogP contribution in [-0.2, 0) is 4.79 Å². The number of hydrogen-bond donors (Lipinski definition) is 1. The summed E-state index contributed by atoms with van der Waals surface area (Å²) in [4.78, 5) is 9.88. The lowest BCUT2D eigenvalue weighted by molar-refractivity contribution is -0.104. The highest BCUT2D eigenvalue weighted by molar-refractivity contribution is 5.65. The number of rotatable bonds is 7. The van der Waals surface area contributed by atoms with Gasteiger partial charge in [-0.3, -0.25) is 4.79 Å². The van der Waals surface area contributed by atoms with Crippen LogP contribution in [0.4, 0.5) is 0 Å². The lowest BCUT2D eigenvalue weighted by atomic mass is 10.1. The Morgan fingerprint density at radius 3 is 2.62 bits per heavy atom. The van der Waals surface area contributed by atoms with Crippen molar-refractivity contribution in [3.05, 3.63) is 24.3 Å². The van der Waals surface area contributed by atoms with Crippen molar-refractivity contribution < 1.29 is 9.90 Å². The number of carbonyl (C=O) groups excluding carboxylic acids is 1. The largest absolute Gasteiger partial charge is 0.389 e. The molecule has 13 heavy (non-hydrogen) atoms. The second kappa shape index (κ2) is 9.20. The van der Waals surface area contributed by atoms with Gasteiger partial charge in [0.05, 0.1) is 6.10 Å². The summed E-state index contributed by atoms with van der Waals surface area (Å²) in [6.07, 6.45) is 11.0. The summed E-state index contributed by atoms with van der Waals surface area (Å²) in [5.74, 6) is 0. The molecule has 0 aliphatic heterocycles. The molecule has 0 aromatic carbocycles. The summed E-state index contributed by atoms with van der Waals surface area (Å²) in [6, 6.07) is 0. The van der Waals surface area contributed by atoms with Crippen LogP contribution in [0.15, 0.2) is 24.3 Å². The topological polar surface area (TPSA) is 37.3 Å². The van der Waals surface area contributed by atoms with E-state index in [1.54, 1.807) is 18.2 Å². The van der Waals surface area contributed by atoms with Crippen LogP contribution in [0.5, 0.6) is 0 Å². The zero-order valence-electron chi connectivity index (χ0n) is 8.15. The van der Waals surface area contributed by atoms with Crippen molar-refractivity contribution in [2.24, 2.45) is 0 Å². The molecule has 0 aliphatic carbocycles. The molecule has 0 saturated heterocycles. The molecule has 0 radical (unpaired) electrons. The Bertz CT molecular complexity index is 171. The zero-order valence-corrected chi connectivity index (χ0v) is 8.15. The molecular weight excluding hydrogens is 164 g/mol. The fourth-order valence-corrected chi connectivity index (χ4v) is 1.00. The predicted molar refractivity (Wildman–Crippen MR) is 54.5 cm³/mol. The van der Waals surface area contributed by atoms with Gasteiger partial charge in [-0.05, 0) is 12.5 Å². The highest BCUT2D eigenvalue weighted by Gasteiger charge is 1.96. The smallest absolute Gasteiger partial charge is 0.142 e. The minimum atomic E-state index is -0.372. The number of allylic oxidation sites excluding steroid dienone is 3. The average molecular weight is 182 g/mol. The molecule has 0 saturated carbocycles. The first-order chi connectivity index (χ1) is 6.31. The lowest BCUT2D eigenvalue weighted by Crippen LogP contribution is -2.00. The molecule has 0 aliphatic rings. The standard InChI is InChI=1S/C11H18O2/c1-2-3-5-8-11(13)9-6-4-7-10-12/h4,6-7,9-11,13H,2-3,5,8H2,1H3/b7-4+,9-6+/t11-/m1/s1. The third-order valence-electron chi connectivity index (χ3n) is 1.74. The number of unbranched alkanes of at least 4 members (excludes halogenated alkanes) is 2. The first kappa shape index (κ1) is 12.1. The molecule has 0 heterocycles. The van der Waals surface area contributed by atoms with E-state index < -0.39 is 0 Å². The van der Waals surface area contributed by atoms with Gasteiger partial charge >= 0.3 is 0 Å². The van der Waals surface area contributed by atoms with Crippen LogP contribution >= 0.6 is 0 Å². The second-order valence-electron chi connectivity index (χ2n) is 2.97. The first-order valence-corrected chi connectivity index (χ1v) is 4.78. The van der Waals surface area contributed by atoms with Crippen LogP contribution in [0.3, 0.4) is 0 Å². The Hall–Kier alpha value is -0.890. The molecule has 0 unspecified atom stereocenters. The number of aliphatic hydroxyl groups excluding tert-OH is 1. The summed E-state index contributed by atoms with van der Waals surface area (Å²) >= 11 is 0. The van der Waals surface area contributed by atoms with Gasteiger partial charge in [0.1, 0.15) is 6.29 Å². The van der Waals surface area contributed by atoms with Gasteiger partial charge in [-0.1, -0.05) is 44.4 Å². The predicted octanol–water partition coefficient (Wildman–Crippen LogP) is 2.24. The quantitative estimate of drug-likeness (QED) is 0.284. The van der Waals surface area contributed by atoms with E-state index in [1.807, 2.05) is 0 Å². The number of hydrogen-bond acceptors (Lipinski definition) is 2. The number of aldehydes is 1. The molecule has 0 fully saturated rings. The molecule has 0 bridgehead atoms. The highest BCUT2D eigenvalue weighted by atomic mass is 16.3. The van der Waals surface area contributed by atoms with Gasteiger partial charge in [0.25, 0.3) is 0 Å². The van der Waals surface area contributed by atoms with E-state index >= 15 is 0 Å². The SMILES string of the molecule is CCCCC[C@@H](O)/C=C/C=C/C=O. The van der Waals surface area contributed by atoms with Crippen LogP contribution in [0.25, 0.3) is 0 Å². The summed E-state index contributed by atoms with van der Waals surface area (Å²) in [6.45, 7) is 2.13. The van der Waals surface area contributed by atoms with Gasteiger partial charge in [-0.15, -0.1) is 0 Å². The molecule has 74 valence electrons. The molecule has 0 spiro atoms. The maximum atomic E-state index is 9.88. The Morgan fingerprint density at radius 2 is 2.00 bits per heavy atom. The molecule has 2 nitrogen and oxygen atoms in total. The van der Waals surface area contributed by atoms with E-state index in [0.29, 0.717) is 6.29 Å². The summed E-state index contributed by atoms with van der Waals surface area (Å²) in [5.41, 5.74) is 0. The lowest BCUT2D eigenvalue weighted by Gasteiger charge is -2.02. The first-order valence-electron chi connectivity index (χ1n) is 4.78. The minimum absolute atomic E-state index is 0.372. The molecule has 0 aromatic heterocycles. The molecular formula is C11H18O2. The van der Waals surface area contributed by atoms with Gasteiger partial charge in [0.15, 0.2) is 0 Å². The molecule has 0 aromatic rings. The zero-order chi connectivity index (χ0) is 9.94. The van der Waals surface area contributed by atoms with Crippen molar-refractivity contribution in [1.29, 1.82) is 0 Å². The van der Waals surface area contributed by atoms with Crippen molar-refractivity contribution in [3.63, 3.8) is 0 Å². The number of aliphatic hydroxyl groups is 1. The van der Waals surface area contributed by atoms with Crippen molar-refractivity contribution >= 4 is 6.29 Å². The van der Waals surface area contributed by atoms with Crippen molar-refractivity contribution in [1.82, 2.24) is 0 Å². The van der Waals surface area contributed by atoms with Crippen LogP contribution < -0.4 is 0 Å². The van der Waals surface area contributed by atoms with Crippen LogP contribution in [0.2, 0.25) is 0 Å². The van der Waals surface area contributed by atoms with Gasteiger partial charge in [-0.2, -0.15) is 0 Å². The van der Waals surface area contributed by atoms with E-state index in [2.05, 4.69) is 6.92 Å². The normalized spacial score (nSPS) is 14.0. The molecule has 1 N–H and O–H groups in total. The van der Waals surface area contributed by atoms with Crippen molar-refractivity contribution in [2.75, 3.05) is 0 Å². The highest BCUT2D eigenvalue weighted by Crippen LogP contribution is 2.03. The monoisotopic (exact) mass is 182 g/mol. The summed E-state index contributed by atoms with van der Waals surface area (Å²) in [7, 11) is 0. The van der Waals surface area contributed by atoms with E-state index in [0.717, 1.165) is 19.3 Å². The summed E-state index contributed by atoms with van der Waals surface area (Å²) < 4.78 is 0. The fourth-order valence-electron chi connectivity index (χ4n) is 1.00. The maximum Gasteiger partial charge on any atom is 0.142 e. The average Bonchev–Trinajstić information content (AvgIpc) is 2.13. The van der Waals surface area contributed by atoms with Crippen LogP contribution in [0.1, 0.15) is 32.6 Å². The molecule has 1 atom stereocenters. The third-order valence-corrected chi connectivity index (χ3v) is 1.74. The maximum absolute atomic E-state index is 9.88. The van der Waals surface area contributed by atoms with Crippen LogP contribution in [0, 0.1) is 0 Å². The fraction of sp³-hybridized carbons (Fsp3) is 0.545.